The molecule has 0 aliphatic heterocycles. The van der Waals surface area contributed by atoms with Crippen molar-refractivity contribution in [1.29, 1.82) is 0 Å². The van der Waals surface area contributed by atoms with Crippen LogP contribution in [0.4, 0.5) is 4.39 Å². The highest BCUT2D eigenvalue weighted by Crippen LogP contribution is 2.03. The maximum Gasteiger partial charge on any atom is 0.123 e. The maximum atomic E-state index is 12.8. The van der Waals surface area contributed by atoms with E-state index in [0.717, 1.165) is 18.4 Å². The van der Waals surface area contributed by atoms with Gasteiger partial charge in [-0.1, -0.05) is 25.5 Å². The topological polar surface area (TPSA) is 32.3 Å². The Balaban J connectivity index is 2.25. The van der Waals surface area contributed by atoms with Gasteiger partial charge in [-0.05, 0) is 24.1 Å². The normalized spacial score (nSPS) is 12.7. The molecule has 1 aromatic carbocycles. The minimum atomic E-state index is -0.302. The molecule has 0 fully saturated rings. The Hall–Kier alpha value is -0.930. The highest BCUT2D eigenvalue weighted by atomic mass is 19.1. The Morgan fingerprint density at radius 2 is 2.27 bits per heavy atom. The average Bonchev–Trinajstić information content (AvgIpc) is 2.18. The summed E-state index contributed by atoms with van der Waals surface area (Å²) < 4.78 is 12.8. The molecule has 0 unspecified atom stereocenters. The van der Waals surface area contributed by atoms with Crippen LogP contribution in [0, 0.1) is 5.82 Å². The molecule has 0 radical (unpaired) electrons. The molecule has 0 bridgehead atoms. The van der Waals surface area contributed by atoms with E-state index in [-0.39, 0.29) is 11.9 Å². The number of benzene rings is 1. The van der Waals surface area contributed by atoms with E-state index in [4.69, 9.17) is 0 Å². The van der Waals surface area contributed by atoms with Crippen LogP contribution in [0.3, 0.4) is 0 Å². The van der Waals surface area contributed by atoms with Crippen LogP contribution >= 0.6 is 0 Å². The summed E-state index contributed by atoms with van der Waals surface area (Å²) in [5.74, 6) is -0.219. The molecule has 1 aromatic rings. The van der Waals surface area contributed by atoms with Crippen LogP contribution in [0.15, 0.2) is 24.3 Å². The number of hydrogen-bond donors (Lipinski definition) is 2. The van der Waals surface area contributed by atoms with Crippen LogP contribution < -0.4 is 5.32 Å². The third-order valence-corrected chi connectivity index (χ3v) is 2.22. The van der Waals surface area contributed by atoms with Crippen molar-refractivity contribution >= 4 is 0 Å². The van der Waals surface area contributed by atoms with E-state index in [2.05, 4.69) is 5.32 Å². The third-order valence-electron chi connectivity index (χ3n) is 2.22. The van der Waals surface area contributed by atoms with Gasteiger partial charge in [0.25, 0.3) is 0 Å². The zero-order valence-electron chi connectivity index (χ0n) is 9.04. The van der Waals surface area contributed by atoms with Crippen molar-refractivity contribution in [2.24, 2.45) is 0 Å². The van der Waals surface area contributed by atoms with Crippen molar-refractivity contribution in [1.82, 2.24) is 5.32 Å². The van der Waals surface area contributed by atoms with Crippen molar-refractivity contribution in [3.63, 3.8) is 0 Å². The summed E-state index contributed by atoms with van der Waals surface area (Å²) in [7, 11) is 0. The largest absolute Gasteiger partial charge is 0.392 e. The Labute approximate surface area is 90.1 Å². The molecule has 0 saturated heterocycles. The summed E-state index contributed by atoms with van der Waals surface area (Å²) in [6.45, 7) is 3.19. The van der Waals surface area contributed by atoms with Crippen LogP contribution in [-0.4, -0.2) is 17.8 Å². The second-order valence-corrected chi connectivity index (χ2v) is 3.70. The van der Waals surface area contributed by atoms with Crippen molar-refractivity contribution < 1.29 is 9.50 Å². The molecular formula is C12H18FNO. The third kappa shape index (κ3) is 4.91. The molecule has 0 aliphatic rings. The first-order valence-electron chi connectivity index (χ1n) is 5.35. The highest BCUT2D eigenvalue weighted by molar-refractivity contribution is 5.15. The van der Waals surface area contributed by atoms with Crippen LogP contribution in [0.2, 0.25) is 0 Å². The molecular weight excluding hydrogens is 193 g/mol. The lowest BCUT2D eigenvalue weighted by molar-refractivity contribution is 0.160. The lowest BCUT2D eigenvalue weighted by Gasteiger charge is -2.10. The van der Waals surface area contributed by atoms with Gasteiger partial charge in [0.15, 0.2) is 0 Å². The van der Waals surface area contributed by atoms with Gasteiger partial charge in [-0.2, -0.15) is 0 Å². The first-order chi connectivity index (χ1) is 7.22. The molecule has 0 saturated carbocycles. The molecule has 0 aromatic heterocycles. The minimum absolute atomic E-state index is 0.219. The van der Waals surface area contributed by atoms with Gasteiger partial charge in [0.1, 0.15) is 5.82 Å². The Bertz CT molecular complexity index is 291. The standard InChI is InChI=1S/C12H18FNO/c1-2-4-12(15)9-14-8-10-5-3-6-11(13)7-10/h3,5-7,12,14-15H,2,4,8-9H2,1H3/t12-/m0/s1. The predicted octanol–water partition coefficient (Wildman–Crippen LogP) is 2.08. The Kier molecular flexibility index (Phi) is 5.29. The SMILES string of the molecule is CCC[C@H](O)CNCc1cccc(F)c1. The summed E-state index contributed by atoms with van der Waals surface area (Å²) in [4.78, 5) is 0. The van der Waals surface area contributed by atoms with E-state index in [9.17, 15) is 9.50 Å². The zero-order valence-corrected chi connectivity index (χ0v) is 9.04. The monoisotopic (exact) mass is 211 g/mol. The van der Waals surface area contributed by atoms with Crippen molar-refractivity contribution in [2.75, 3.05) is 6.54 Å². The van der Waals surface area contributed by atoms with Gasteiger partial charge < -0.3 is 10.4 Å². The fourth-order valence-corrected chi connectivity index (χ4v) is 1.47. The number of halogens is 1. The summed E-state index contributed by atoms with van der Waals surface area (Å²) >= 11 is 0. The quantitative estimate of drug-likeness (QED) is 0.755. The number of aliphatic hydroxyl groups is 1. The number of aliphatic hydroxyl groups excluding tert-OH is 1. The predicted molar refractivity (Wildman–Crippen MR) is 59.0 cm³/mol. The van der Waals surface area contributed by atoms with Crippen LogP contribution in [0.25, 0.3) is 0 Å². The van der Waals surface area contributed by atoms with Crippen molar-refractivity contribution in [3.05, 3.63) is 35.6 Å². The van der Waals surface area contributed by atoms with Gasteiger partial charge in [0.2, 0.25) is 0 Å². The Morgan fingerprint density at radius 3 is 2.93 bits per heavy atom. The summed E-state index contributed by atoms with van der Waals surface area (Å²) in [6, 6.07) is 6.48. The van der Waals surface area contributed by atoms with Gasteiger partial charge in [0.05, 0.1) is 6.10 Å². The lowest BCUT2D eigenvalue weighted by atomic mass is 10.2. The maximum absolute atomic E-state index is 12.8. The fourth-order valence-electron chi connectivity index (χ4n) is 1.47. The molecule has 84 valence electrons. The van der Waals surface area contributed by atoms with Gasteiger partial charge >= 0.3 is 0 Å². The highest BCUT2D eigenvalue weighted by Gasteiger charge is 2.01. The van der Waals surface area contributed by atoms with Gasteiger partial charge in [-0.15, -0.1) is 0 Å². The van der Waals surface area contributed by atoms with E-state index >= 15 is 0 Å². The summed E-state index contributed by atoms with van der Waals surface area (Å²) in [6.07, 6.45) is 1.47. The Morgan fingerprint density at radius 1 is 1.47 bits per heavy atom. The molecule has 0 heterocycles. The lowest BCUT2D eigenvalue weighted by Crippen LogP contribution is -2.26. The number of hydrogen-bond acceptors (Lipinski definition) is 2. The summed E-state index contributed by atoms with van der Waals surface area (Å²) in [5, 5.41) is 12.5. The smallest absolute Gasteiger partial charge is 0.123 e. The average molecular weight is 211 g/mol. The van der Waals surface area contributed by atoms with Crippen molar-refractivity contribution in [2.45, 2.75) is 32.4 Å². The molecule has 1 atom stereocenters. The van der Waals surface area contributed by atoms with E-state index < -0.39 is 0 Å². The molecule has 0 amide bonds. The van der Waals surface area contributed by atoms with E-state index in [1.165, 1.54) is 12.1 Å². The molecule has 2 N–H and O–H groups in total. The molecule has 0 aliphatic carbocycles. The van der Waals surface area contributed by atoms with Crippen LogP contribution in [-0.2, 0) is 6.54 Å². The fraction of sp³-hybridized carbons (Fsp3) is 0.500. The van der Waals surface area contributed by atoms with Crippen molar-refractivity contribution in [3.8, 4) is 0 Å². The first kappa shape index (κ1) is 12.1. The number of nitrogens with one attached hydrogen (secondary N) is 1. The van der Waals surface area contributed by atoms with Gasteiger partial charge in [0, 0.05) is 13.1 Å². The van der Waals surface area contributed by atoms with Gasteiger partial charge in [-0.25, -0.2) is 4.39 Å². The van der Waals surface area contributed by atoms with E-state index in [1.807, 2.05) is 13.0 Å². The van der Waals surface area contributed by atoms with Gasteiger partial charge in [-0.3, -0.25) is 0 Å². The molecule has 15 heavy (non-hydrogen) atoms. The van der Waals surface area contributed by atoms with Crippen LogP contribution in [0.5, 0.6) is 0 Å². The minimum Gasteiger partial charge on any atom is -0.392 e. The second-order valence-electron chi connectivity index (χ2n) is 3.70. The summed E-state index contributed by atoms with van der Waals surface area (Å²) in [5.41, 5.74) is 0.902. The van der Waals surface area contributed by atoms with E-state index in [0.29, 0.717) is 13.1 Å². The molecule has 0 spiro atoms. The molecule has 3 heteroatoms. The first-order valence-corrected chi connectivity index (χ1v) is 5.35. The number of rotatable bonds is 6. The van der Waals surface area contributed by atoms with E-state index in [1.54, 1.807) is 6.07 Å². The molecule has 2 nitrogen and oxygen atoms in total. The van der Waals surface area contributed by atoms with Crippen LogP contribution in [0.1, 0.15) is 25.3 Å². The molecule has 1 rings (SSSR count). The zero-order chi connectivity index (χ0) is 11.1. The second kappa shape index (κ2) is 6.53.